The number of anilines is 1. The van der Waals surface area contributed by atoms with Crippen molar-refractivity contribution >= 4 is 17.6 Å². The van der Waals surface area contributed by atoms with Crippen molar-refractivity contribution in [2.24, 2.45) is 0 Å². The second kappa shape index (κ2) is 7.02. The summed E-state index contributed by atoms with van der Waals surface area (Å²) < 4.78 is 47.6. The minimum Gasteiger partial charge on any atom is -0.444 e. The summed E-state index contributed by atoms with van der Waals surface area (Å²) in [6, 6.07) is 6.85. The lowest BCUT2D eigenvalue weighted by Gasteiger charge is -2.19. The molecule has 3 aromatic rings. The van der Waals surface area contributed by atoms with Crippen molar-refractivity contribution in [1.29, 1.82) is 0 Å². The van der Waals surface area contributed by atoms with Gasteiger partial charge in [-0.05, 0) is 44.5 Å². The van der Waals surface area contributed by atoms with Crippen LogP contribution in [-0.4, -0.2) is 32.7 Å². The van der Waals surface area contributed by atoms with E-state index in [1.54, 1.807) is 39.2 Å². The first kappa shape index (κ1) is 19.5. The van der Waals surface area contributed by atoms with E-state index in [0.717, 1.165) is 0 Å². The van der Waals surface area contributed by atoms with E-state index in [-0.39, 0.29) is 11.6 Å². The summed E-state index contributed by atoms with van der Waals surface area (Å²) in [5.41, 5.74) is 0.635. The van der Waals surface area contributed by atoms with Gasteiger partial charge in [0, 0.05) is 12.4 Å². The van der Waals surface area contributed by atoms with Gasteiger partial charge in [-0.2, -0.15) is 0 Å². The first-order valence-corrected chi connectivity index (χ1v) is 8.21. The number of hydrogen-bond acceptors (Lipinski definition) is 5. The van der Waals surface area contributed by atoms with E-state index >= 15 is 0 Å². The number of alkyl halides is 3. The van der Waals surface area contributed by atoms with Gasteiger partial charge in [-0.25, -0.2) is 14.3 Å². The standard InChI is InChI=1S/C18H17F3N4O3/c1-17(2,3)28-16(26)23-14-13(15-22-9-4-10-25(15)24-14)11-5-7-12(8-6-11)27-18(19,20)21/h4-10H,1-3H3,(H,23,24,26). The average molecular weight is 394 g/mol. The van der Waals surface area contributed by atoms with Gasteiger partial charge in [-0.15, -0.1) is 18.3 Å². The highest BCUT2D eigenvalue weighted by Gasteiger charge is 2.31. The number of benzene rings is 1. The molecule has 1 N–H and O–H groups in total. The summed E-state index contributed by atoms with van der Waals surface area (Å²) in [5.74, 6) is -0.195. The van der Waals surface area contributed by atoms with E-state index in [1.807, 2.05) is 0 Å². The Bertz CT molecular complexity index is 992. The highest BCUT2D eigenvalue weighted by Crippen LogP contribution is 2.33. The number of nitrogens with zero attached hydrogens (tertiary/aromatic N) is 3. The molecule has 0 aliphatic heterocycles. The Balaban J connectivity index is 1.98. The number of fused-ring (bicyclic) bond motifs is 1. The number of nitrogens with one attached hydrogen (secondary N) is 1. The number of halogens is 3. The number of rotatable bonds is 3. The topological polar surface area (TPSA) is 77.8 Å². The van der Waals surface area contributed by atoms with Crippen LogP contribution in [0.25, 0.3) is 16.8 Å². The van der Waals surface area contributed by atoms with Crippen LogP contribution in [0.5, 0.6) is 5.75 Å². The molecule has 0 saturated heterocycles. The predicted octanol–water partition coefficient (Wildman–Crippen LogP) is 4.64. The van der Waals surface area contributed by atoms with Crippen LogP contribution in [0.4, 0.5) is 23.8 Å². The Hall–Kier alpha value is -3.30. The minimum atomic E-state index is -4.78. The zero-order chi connectivity index (χ0) is 20.5. The second-order valence-corrected chi connectivity index (χ2v) is 6.81. The third-order valence-electron chi connectivity index (χ3n) is 3.39. The van der Waals surface area contributed by atoms with Crippen LogP contribution < -0.4 is 10.1 Å². The molecular formula is C18H17F3N4O3. The molecule has 1 amide bonds. The van der Waals surface area contributed by atoms with Crippen LogP contribution in [0.15, 0.2) is 42.7 Å². The lowest BCUT2D eigenvalue weighted by Crippen LogP contribution is -2.27. The molecule has 0 atom stereocenters. The fraction of sp³-hybridized carbons (Fsp3) is 0.278. The Morgan fingerprint density at radius 3 is 2.43 bits per heavy atom. The highest BCUT2D eigenvalue weighted by atomic mass is 19.4. The molecule has 148 valence electrons. The molecule has 10 heteroatoms. The zero-order valence-electron chi connectivity index (χ0n) is 15.2. The van der Waals surface area contributed by atoms with Crippen LogP contribution >= 0.6 is 0 Å². The normalized spacial score (nSPS) is 12.1. The molecular weight excluding hydrogens is 377 g/mol. The van der Waals surface area contributed by atoms with Gasteiger partial charge >= 0.3 is 12.5 Å². The van der Waals surface area contributed by atoms with Gasteiger partial charge in [0.05, 0.1) is 5.56 Å². The molecule has 0 aliphatic rings. The van der Waals surface area contributed by atoms with Crippen LogP contribution in [0.1, 0.15) is 20.8 Å². The van der Waals surface area contributed by atoms with Gasteiger partial charge in [-0.1, -0.05) is 12.1 Å². The van der Waals surface area contributed by atoms with Crippen LogP contribution in [0.2, 0.25) is 0 Å². The van der Waals surface area contributed by atoms with Crippen molar-refractivity contribution in [2.75, 3.05) is 5.32 Å². The Labute approximate surface area is 158 Å². The molecule has 0 spiro atoms. The summed E-state index contributed by atoms with van der Waals surface area (Å²) in [6.07, 6.45) is -2.32. The van der Waals surface area contributed by atoms with E-state index in [1.165, 1.54) is 28.8 Å². The molecule has 7 nitrogen and oxygen atoms in total. The molecule has 0 aliphatic carbocycles. The quantitative estimate of drug-likeness (QED) is 0.700. The number of carbonyl (C=O) groups is 1. The van der Waals surface area contributed by atoms with Crippen LogP contribution in [-0.2, 0) is 4.74 Å². The maximum atomic E-state index is 12.4. The summed E-state index contributed by atoms with van der Waals surface area (Å²) in [6.45, 7) is 5.16. The Morgan fingerprint density at radius 2 is 1.82 bits per heavy atom. The molecule has 0 radical (unpaired) electrons. The van der Waals surface area contributed by atoms with E-state index in [4.69, 9.17) is 4.74 Å². The fourth-order valence-electron chi connectivity index (χ4n) is 2.46. The van der Waals surface area contributed by atoms with Gasteiger partial charge in [0.1, 0.15) is 11.4 Å². The highest BCUT2D eigenvalue weighted by molar-refractivity contribution is 5.95. The Morgan fingerprint density at radius 1 is 1.14 bits per heavy atom. The van der Waals surface area contributed by atoms with Gasteiger partial charge < -0.3 is 9.47 Å². The summed E-state index contributed by atoms with van der Waals surface area (Å²) in [7, 11) is 0. The first-order valence-electron chi connectivity index (χ1n) is 8.21. The van der Waals surface area contributed by atoms with Crippen LogP contribution in [0.3, 0.4) is 0 Å². The molecule has 1 aromatic carbocycles. The molecule has 0 bridgehead atoms. The smallest absolute Gasteiger partial charge is 0.444 e. The number of ether oxygens (including phenoxy) is 2. The number of carbonyl (C=O) groups excluding carboxylic acids is 1. The summed E-state index contributed by atoms with van der Waals surface area (Å²) in [5, 5.41) is 6.84. The van der Waals surface area contributed by atoms with Crippen molar-refractivity contribution in [3.05, 3.63) is 42.7 Å². The zero-order valence-corrected chi connectivity index (χ0v) is 15.2. The number of hydrogen-bond donors (Lipinski definition) is 1. The fourth-order valence-corrected chi connectivity index (χ4v) is 2.46. The largest absolute Gasteiger partial charge is 0.573 e. The third kappa shape index (κ3) is 4.70. The lowest BCUT2D eigenvalue weighted by molar-refractivity contribution is -0.274. The monoisotopic (exact) mass is 394 g/mol. The van der Waals surface area contributed by atoms with Crippen molar-refractivity contribution < 1.29 is 27.4 Å². The predicted molar refractivity (Wildman–Crippen MR) is 95.0 cm³/mol. The van der Waals surface area contributed by atoms with Crippen molar-refractivity contribution in [3.63, 3.8) is 0 Å². The maximum Gasteiger partial charge on any atom is 0.573 e. The van der Waals surface area contributed by atoms with E-state index in [2.05, 4.69) is 20.1 Å². The minimum absolute atomic E-state index is 0.164. The summed E-state index contributed by atoms with van der Waals surface area (Å²) >= 11 is 0. The SMILES string of the molecule is CC(C)(C)OC(=O)Nc1nn2cccnc2c1-c1ccc(OC(F)(F)F)cc1. The first-order chi connectivity index (χ1) is 13.0. The van der Waals surface area contributed by atoms with Crippen molar-refractivity contribution in [1.82, 2.24) is 14.6 Å². The summed E-state index contributed by atoms with van der Waals surface area (Å²) in [4.78, 5) is 16.4. The van der Waals surface area contributed by atoms with E-state index in [0.29, 0.717) is 16.8 Å². The Kier molecular flexibility index (Phi) is 4.88. The van der Waals surface area contributed by atoms with Gasteiger partial charge in [0.2, 0.25) is 0 Å². The molecule has 0 unspecified atom stereocenters. The molecule has 2 heterocycles. The van der Waals surface area contributed by atoms with Gasteiger partial charge in [-0.3, -0.25) is 5.32 Å². The van der Waals surface area contributed by atoms with E-state index in [9.17, 15) is 18.0 Å². The maximum absolute atomic E-state index is 12.4. The molecule has 0 saturated carbocycles. The van der Waals surface area contributed by atoms with E-state index < -0.39 is 18.1 Å². The lowest BCUT2D eigenvalue weighted by atomic mass is 10.1. The van der Waals surface area contributed by atoms with Crippen molar-refractivity contribution in [2.45, 2.75) is 32.7 Å². The molecule has 28 heavy (non-hydrogen) atoms. The van der Waals surface area contributed by atoms with Gasteiger partial charge in [0.25, 0.3) is 0 Å². The second-order valence-electron chi connectivity index (χ2n) is 6.81. The third-order valence-corrected chi connectivity index (χ3v) is 3.39. The van der Waals surface area contributed by atoms with Crippen molar-refractivity contribution in [3.8, 4) is 16.9 Å². The van der Waals surface area contributed by atoms with Gasteiger partial charge in [0.15, 0.2) is 11.5 Å². The molecule has 3 rings (SSSR count). The molecule has 2 aromatic heterocycles. The molecule has 0 fully saturated rings. The average Bonchev–Trinajstić information content (AvgIpc) is 2.90. The number of aromatic nitrogens is 3. The number of amides is 1. The van der Waals surface area contributed by atoms with Crippen LogP contribution in [0, 0.1) is 0 Å².